The molecule has 0 radical (unpaired) electrons. The van der Waals surface area contributed by atoms with Crippen LogP contribution in [-0.2, 0) is 18.7 Å². The molecule has 0 saturated heterocycles. The van der Waals surface area contributed by atoms with Crippen LogP contribution in [-0.4, -0.2) is 21.4 Å². The van der Waals surface area contributed by atoms with E-state index in [1.54, 1.807) is 30.3 Å². The summed E-state index contributed by atoms with van der Waals surface area (Å²) in [7, 11) is 0. The van der Waals surface area contributed by atoms with Crippen LogP contribution in [0.15, 0.2) is 54.2 Å². The van der Waals surface area contributed by atoms with Crippen LogP contribution in [0.4, 0.5) is 4.39 Å². The first kappa shape index (κ1) is 22.9. The normalized spacial score (nSPS) is 10.9. The zero-order valence-electron chi connectivity index (χ0n) is 16.0. The highest BCUT2D eigenvalue weighted by molar-refractivity contribution is 7.98. The van der Waals surface area contributed by atoms with Gasteiger partial charge in [-0.05, 0) is 42.3 Å². The number of halogens is 4. The summed E-state index contributed by atoms with van der Waals surface area (Å²) in [6.45, 7) is 4.89. The van der Waals surface area contributed by atoms with Gasteiger partial charge in [0.1, 0.15) is 17.4 Å². The number of benzene rings is 2. The van der Waals surface area contributed by atoms with Crippen molar-refractivity contribution in [3.05, 3.63) is 81.3 Å². The number of ether oxygens (including phenoxy) is 1. The maximum absolute atomic E-state index is 13.2. The molecule has 0 amide bonds. The number of hydrogen-bond acceptors (Lipinski definition) is 4. The summed E-state index contributed by atoms with van der Waals surface area (Å²) in [5.74, 6) is 1.65. The number of nitrogens with zero attached hydrogens (tertiary/aromatic N) is 3. The smallest absolute Gasteiger partial charge is 0.191 e. The van der Waals surface area contributed by atoms with Crippen LogP contribution in [0.5, 0.6) is 5.75 Å². The van der Waals surface area contributed by atoms with E-state index in [0.717, 1.165) is 23.0 Å². The van der Waals surface area contributed by atoms with Gasteiger partial charge in [-0.1, -0.05) is 58.7 Å². The predicted octanol–water partition coefficient (Wildman–Crippen LogP) is 6.87. The Labute approximate surface area is 194 Å². The summed E-state index contributed by atoms with van der Waals surface area (Å²) < 4.78 is 21.0. The molecule has 158 valence electrons. The molecule has 0 fully saturated rings. The second-order valence-electron chi connectivity index (χ2n) is 6.35. The Kier molecular flexibility index (Phi) is 8.45. The minimum Gasteiger partial charge on any atom is -0.492 e. The zero-order chi connectivity index (χ0) is 21.5. The third-order valence-electron chi connectivity index (χ3n) is 4.17. The summed E-state index contributed by atoms with van der Waals surface area (Å²) in [5, 5.41) is 10.8. The third kappa shape index (κ3) is 6.14. The lowest BCUT2D eigenvalue weighted by Gasteiger charge is -2.10. The van der Waals surface area contributed by atoms with Crippen molar-refractivity contribution in [2.75, 3.05) is 6.61 Å². The lowest BCUT2D eigenvalue weighted by molar-refractivity contribution is 0.309. The van der Waals surface area contributed by atoms with Crippen LogP contribution in [0.25, 0.3) is 0 Å². The molecule has 0 aliphatic heterocycles. The van der Waals surface area contributed by atoms with E-state index >= 15 is 0 Å². The molecule has 0 aliphatic rings. The van der Waals surface area contributed by atoms with Crippen LogP contribution in [0.1, 0.15) is 17.8 Å². The molecule has 0 aliphatic carbocycles. The van der Waals surface area contributed by atoms with Gasteiger partial charge in [0.2, 0.25) is 0 Å². The SMILES string of the molecule is C=CCn1c(CCCOc2ccc(Cl)cc2Cl)nnc1SCc1ccc(F)cc1Cl. The van der Waals surface area contributed by atoms with E-state index in [0.29, 0.717) is 46.1 Å². The monoisotopic (exact) mass is 485 g/mol. The average molecular weight is 487 g/mol. The van der Waals surface area contributed by atoms with E-state index in [9.17, 15) is 4.39 Å². The molecule has 0 spiro atoms. The van der Waals surface area contributed by atoms with Crippen molar-refractivity contribution >= 4 is 46.6 Å². The van der Waals surface area contributed by atoms with E-state index in [4.69, 9.17) is 39.5 Å². The fourth-order valence-electron chi connectivity index (χ4n) is 2.71. The van der Waals surface area contributed by atoms with E-state index < -0.39 is 0 Å². The molecule has 0 saturated carbocycles. The Hall–Kier alpha value is -1.73. The van der Waals surface area contributed by atoms with Gasteiger partial charge < -0.3 is 9.30 Å². The molecule has 0 N–H and O–H groups in total. The largest absolute Gasteiger partial charge is 0.492 e. The molecule has 3 aromatic rings. The third-order valence-corrected chi connectivity index (χ3v) is 6.07. The number of aromatic nitrogens is 3. The first-order valence-corrected chi connectivity index (χ1v) is 11.3. The molecule has 4 nitrogen and oxygen atoms in total. The maximum atomic E-state index is 13.2. The number of rotatable bonds is 10. The topological polar surface area (TPSA) is 39.9 Å². The van der Waals surface area contributed by atoms with Crippen LogP contribution in [0.3, 0.4) is 0 Å². The van der Waals surface area contributed by atoms with Gasteiger partial charge >= 0.3 is 0 Å². The highest BCUT2D eigenvalue weighted by Gasteiger charge is 2.13. The average Bonchev–Trinajstić information content (AvgIpc) is 3.08. The van der Waals surface area contributed by atoms with Crippen molar-refractivity contribution in [3.8, 4) is 5.75 Å². The van der Waals surface area contributed by atoms with E-state index in [1.807, 2.05) is 4.57 Å². The van der Waals surface area contributed by atoms with Gasteiger partial charge in [0.05, 0.1) is 11.6 Å². The number of thioether (sulfide) groups is 1. The van der Waals surface area contributed by atoms with Gasteiger partial charge in [0, 0.05) is 28.8 Å². The van der Waals surface area contributed by atoms with Gasteiger partial charge in [-0.3, -0.25) is 0 Å². The number of allylic oxidation sites excluding steroid dienone is 1. The molecule has 3 rings (SSSR count). The summed E-state index contributed by atoms with van der Waals surface area (Å²) in [6.07, 6.45) is 3.22. The van der Waals surface area contributed by atoms with Crippen molar-refractivity contribution < 1.29 is 9.13 Å². The zero-order valence-corrected chi connectivity index (χ0v) is 19.0. The Morgan fingerprint density at radius 1 is 1.10 bits per heavy atom. The molecule has 0 bridgehead atoms. The van der Waals surface area contributed by atoms with Crippen LogP contribution in [0, 0.1) is 5.82 Å². The summed E-state index contributed by atoms with van der Waals surface area (Å²) >= 11 is 19.6. The van der Waals surface area contributed by atoms with Crippen molar-refractivity contribution in [3.63, 3.8) is 0 Å². The van der Waals surface area contributed by atoms with E-state index in [2.05, 4.69) is 16.8 Å². The van der Waals surface area contributed by atoms with E-state index in [1.165, 1.54) is 23.9 Å². The Bertz CT molecular complexity index is 1030. The number of hydrogen-bond donors (Lipinski definition) is 0. The van der Waals surface area contributed by atoms with Gasteiger partial charge in [0.25, 0.3) is 0 Å². The fourth-order valence-corrected chi connectivity index (χ4v) is 4.46. The molecule has 1 heterocycles. The van der Waals surface area contributed by atoms with Gasteiger partial charge in [-0.15, -0.1) is 16.8 Å². The lowest BCUT2D eigenvalue weighted by atomic mass is 10.2. The minimum absolute atomic E-state index is 0.354. The number of aryl methyl sites for hydroxylation is 1. The lowest BCUT2D eigenvalue weighted by Crippen LogP contribution is -2.07. The molecule has 0 atom stereocenters. The van der Waals surface area contributed by atoms with Crippen molar-refractivity contribution in [2.45, 2.75) is 30.3 Å². The van der Waals surface area contributed by atoms with Crippen molar-refractivity contribution in [1.29, 1.82) is 0 Å². The second kappa shape index (κ2) is 11.0. The summed E-state index contributed by atoms with van der Waals surface area (Å²) in [6, 6.07) is 9.52. The first-order valence-electron chi connectivity index (χ1n) is 9.15. The van der Waals surface area contributed by atoms with Crippen LogP contribution < -0.4 is 4.74 Å². The highest BCUT2D eigenvalue weighted by Crippen LogP contribution is 2.28. The van der Waals surface area contributed by atoms with Crippen molar-refractivity contribution in [2.24, 2.45) is 0 Å². The van der Waals surface area contributed by atoms with Crippen LogP contribution in [0.2, 0.25) is 15.1 Å². The molecule has 0 unspecified atom stereocenters. The standard InChI is InChI=1S/C21H19Cl3FN3OS/c1-2-9-28-20(4-3-10-29-19-8-6-15(22)11-18(19)24)26-27-21(28)30-13-14-5-7-16(25)12-17(14)23/h2,5-8,11-12H,1,3-4,9-10,13H2. The van der Waals surface area contributed by atoms with Gasteiger partial charge in [-0.2, -0.15) is 0 Å². The maximum Gasteiger partial charge on any atom is 0.191 e. The molecule has 9 heteroatoms. The molecular formula is C21H19Cl3FN3OS. The molecule has 30 heavy (non-hydrogen) atoms. The summed E-state index contributed by atoms with van der Waals surface area (Å²) in [4.78, 5) is 0. The molecule has 2 aromatic carbocycles. The fraction of sp³-hybridized carbons (Fsp3) is 0.238. The van der Waals surface area contributed by atoms with Crippen molar-refractivity contribution in [1.82, 2.24) is 14.8 Å². The van der Waals surface area contributed by atoms with Gasteiger partial charge in [0.15, 0.2) is 5.16 Å². The van der Waals surface area contributed by atoms with Crippen LogP contribution >= 0.6 is 46.6 Å². The molecule has 1 aromatic heterocycles. The predicted molar refractivity (Wildman–Crippen MR) is 121 cm³/mol. The Balaban J connectivity index is 1.58. The summed E-state index contributed by atoms with van der Waals surface area (Å²) in [5.41, 5.74) is 0.839. The minimum atomic E-state index is -0.354. The Morgan fingerprint density at radius 2 is 1.93 bits per heavy atom. The first-order chi connectivity index (χ1) is 14.5. The quantitative estimate of drug-likeness (QED) is 0.178. The highest BCUT2D eigenvalue weighted by atomic mass is 35.5. The van der Waals surface area contributed by atoms with E-state index in [-0.39, 0.29) is 5.82 Å². The van der Waals surface area contributed by atoms with Gasteiger partial charge in [-0.25, -0.2) is 4.39 Å². The second-order valence-corrected chi connectivity index (χ2v) is 8.54. The Morgan fingerprint density at radius 3 is 2.67 bits per heavy atom. The molecular weight excluding hydrogens is 468 g/mol.